The highest BCUT2D eigenvalue weighted by Gasteiger charge is 2.35. The highest BCUT2D eigenvalue weighted by Crippen LogP contribution is 2.19. The zero-order chi connectivity index (χ0) is 16.5. The van der Waals surface area contributed by atoms with Gasteiger partial charge in [-0.25, -0.2) is 0 Å². The van der Waals surface area contributed by atoms with Crippen LogP contribution in [-0.2, 0) is 4.79 Å². The first-order valence-electron chi connectivity index (χ1n) is 8.48. The van der Waals surface area contributed by atoms with Crippen LogP contribution >= 0.6 is 0 Å². The standard InChI is InChI=1S/C17H36N2O2/c1-7-17(16(20)21,18-8-2)10-9-11-19(12-14(3)4)13-15(5)6/h14-15,18H,7-13H2,1-6H3,(H,20,21). The molecule has 0 aliphatic rings. The van der Waals surface area contributed by atoms with Gasteiger partial charge in [-0.3, -0.25) is 4.79 Å². The van der Waals surface area contributed by atoms with Gasteiger partial charge in [-0.1, -0.05) is 41.5 Å². The molecule has 0 aliphatic carbocycles. The van der Waals surface area contributed by atoms with Gasteiger partial charge in [-0.15, -0.1) is 0 Å². The van der Waals surface area contributed by atoms with E-state index >= 15 is 0 Å². The van der Waals surface area contributed by atoms with E-state index in [0.717, 1.165) is 26.1 Å². The number of carbonyl (C=O) groups is 1. The van der Waals surface area contributed by atoms with E-state index in [9.17, 15) is 9.90 Å². The molecule has 0 spiro atoms. The van der Waals surface area contributed by atoms with Crippen LogP contribution in [0.4, 0.5) is 0 Å². The highest BCUT2D eigenvalue weighted by atomic mass is 16.4. The van der Waals surface area contributed by atoms with Crippen molar-refractivity contribution in [1.29, 1.82) is 0 Å². The fourth-order valence-electron chi connectivity index (χ4n) is 2.96. The molecule has 0 fully saturated rings. The number of likely N-dealkylation sites (N-methyl/N-ethyl adjacent to an activating group) is 1. The average molecular weight is 300 g/mol. The number of hydrogen-bond donors (Lipinski definition) is 2. The highest BCUT2D eigenvalue weighted by molar-refractivity contribution is 5.78. The molecule has 2 N–H and O–H groups in total. The lowest BCUT2D eigenvalue weighted by Gasteiger charge is -2.31. The molecule has 1 atom stereocenters. The van der Waals surface area contributed by atoms with E-state index in [2.05, 4.69) is 37.9 Å². The quantitative estimate of drug-likeness (QED) is 0.581. The summed E-state index contributed by atoms with van der Waals surface area (Å²) in [5.74, 6) is 0.576. The molecule has 4 nitrogen and oxygen atoms in total. The van der Waals surface area contributed by atoms with E-state index in [4.69, 9.17) is 0 Å². The summed E-state index contributed by atoms with van der Waals surface area (Å²) < 4.78 is 0. The van der Waals surface area contributed by atoms with Crippen molar-refractivity contribution in [3.8, 4) is 0 Å². The molecule has 0 rings (SSSR count). The summed E-state index contributed by atoms with van der Waals surface area (Å²) in [6.07, 6.45) is 2.25. The predicted molar refractivity (Wildman–Crippen MR) is 89.7 cm³/mol. The van der Waals surface area contributed by atoms with Crippen LogP contribution in [-0.4, -0.2) is 47.7 Å². The van der Waals surface area contributed by atoms with Gasteiger partial charge in [0, 0.05) is 13.1 Å². The van der Waals surface area contributed by atoms with Gasteiger partial charge in [-0.05, 0) is 44.2 Å². The summed E-state index contributed by atoms with van der Waals surface area (Å²) in [6, 6.07) is 0. The van der Waals surface area contributed by atoms with Crippen LogP contribution in [0.5, 0.6) is 0 Å². The zero-order valence-electron chi connectivity index (χ0n) is 14.9. The number of nitrogens with zero attached hydrogens (tertiary/aromatic N) is 1. The molecule has 126 valence electrons. The maximum atomic E-state index is 11.6. The minimum absolute atomic E-state index is 0.629. The molecule has 0 aromatic carbocycles. The van der Waals surface area contributed by atoms with Crippen molar-refractivity contribution in [2.75, 3.05) is 26.2 Å². The molecule has 0 aromatic heterocycles. The molecule has 0 amide bonds. The Balaban J connectivity index is 4.52. The van der Waals surface area contributed by atoms with Crippen LogP contribution in [0.25, 0.3) is 0 Å². The molecule has 1 unspecified atom stereocenters. The lowest BCUT2D eigenvalue weighted by atomic mass is 9.90. The summed E-state index contributed by atoms with van der Waals surface area (Å²) in [5.41, 5.74) is -0.754. The largest absolute Gasteiger partial charge is 0.480 e. The van der Waals surface area contributed by atoms with Crippen LogP contribution in [0.15, 0.2) is 0 Å². The summed E-state index contributed by atoms with van der Waals surface area (Å²) in [5, 5.41) is 12.7. The predicted octanol–water partition coefficient (Wildman–Crippen LogP) is 3.22. The summed E-state index contributed by atoms with van der Waals surface area (Å²) in [4.78, 5) is 14.1. The second kappa shape index (κ2) is 10.2. The molecule has 0 radical (unpaired) electrons. The maximum Gasteiger partial charge on any atom is 0.323 e. The van der Waals surface area contributed by atoms with Crippen molar-refractivity contribution in [1.82, 2.24) is 10.2 Å². The Morgan fingerprint density at radius 1 is 1.14 bits per heavy atom. The van der Waals surface area contributed by atoms with Crippen LogP contribution in [0.2, 0.25) is 0 Å². The van der Waals surface area contributed by atoms with E-state index in [1.54, 1.807) is 0 Å². The summed E-state index contributed by atoms with van der Waals surface area (Å²) in [6.45, 7) is 16.7. The van der Waals surface area contributed by atoms with Gasteiger partial charge in [0.15, 0.2) is 0 Å². The molecule has 4 heteroatoms. The van der Waals surface area contributed by atoms with Crippen molar-refractivity contribution < 1.29 is 9.90 Å². The Morgan fingerprint density at radius 2 is 1.67 bits per heavy atom. The first-order chi connectivity index (χ1) is 9.77. The Labute approximate surface area is 131 Å². The van der Waals surface area contributed by atoms with Gasteiger partial charge in [0.1, 0.15) is 5.54 Å². The number of nitrogens with one attached hydrogen (secondary N) is 1. The van der Waals surface area contributed by atoms with Gasteiger partial charge in [-0.2, -0.15) is 0 Å². The van der Waals surface area contributed by atoms with Crippen molar-refractivity contribution in [2.24, 2.45) is 11.8 Å². The van der Waals surface area contributed by atoms with E-state index in [1.165, 1.54) is 0 Å². The van der Waals surface area contributed by atoms with Gasteiger partial charge in [0.25, 0.3) is 0 Å². The molecular formula is C17H36N2O2. The van der Waals surface area contributed by atoms with Gasteiger partial charge < -0.3 is 15.3 Å². The summed E-state index contributed by atoms with van der Waals surface area (Å²) >= 11 is 0. The van der Waals surface area contributed by atoms with Crippen LogP contribution in [0.3, 0.4) is 0 Å². The van der Waals surface area contributed by atoms with E-state index in [1.807, 2.05) is 13.8 Å². The summed E-state index contributed by atoms with van der Waals surface area (Å²) in [7, 11) is 0. The average Bonchev–Trinajstić information content (AvgIpc) is 2.35. The molecule has 0 aliphatic heterocycles. The lowest BCUT2D eigenvalue weighted by molar-refractivity contribution is -0.145. The third kappa shape index (κ3) is 7.82. The van der Waals surface area contributed by atoms with Crippen LogP contribution in [0, 0.1) is 11.8 Å². The SMILES string of the molecule is CCNC(CC)(CCCN(CC(C)C)CC(C)C)C(=O)O. The lowest BCUT2D eigenvalue weighted by Crippen LogP contribution is -2.52. The number of rotatable bonds is 12. The minimum Gasteiger partial charge on any atom is -0.480 e. The number of carboxylic acids is 1. The second-order valence-corrected chi connectivity index (χ2v) is 6.92. The van der Waals surface area contributed by atoms with Crippen LogP contribution in [0.1, 0.15) is 60.8 Å². The topological polar surface area (TPSA) is 52.6 Å². The fraction of sp³-hybridized carbons (Fsp3) is 0.941. The Hall–Kier alpha value is -0.610. The number of hydrogen-bond acceptors (Lipinski definition) is 3. The molecule has 0 aromatic rings. The maximum absolute atomic E-state index is 11.6. The first kappa shape index (κ1) is 20.4. The molecule has 0 saturated heterocycles. The van der Waals surface area contributed by atoms with Crippen LogP contribution < -0.4 is 5.32 Å². The van der Waals surface area contributed by atoms with Crippen molar-refractivity contribution in [3.05, 3.63) is 0 Å². The smallest absolute Gasteiger partial charge is 0.323 e. The Kier molecular flexibility index (Phi) is 9.88. The Bertz CT molecular complexity index is 283. The van der Waals surface area contributed by atoms with Crippen molar-refractivity contribution in [3.63, 3.8) is 0 Å². The zero-order valence-corrected chi connectivity index (χ0v) is 14.9. The third-order valence-corrected chi connectivity index (χ3v) is 3.85. The van der Waals surface area contributed by atoms with E-state index < -0.39 is 11.5 Å². The normalized spacial score (nSPS) is 14.9. The van der Waals surface area contributed by atoms with Crippen molar-refractivity contribution >= 4 is 5.97 Å². The molecule has 0 heterocycles. The molecule has 0 bridgehead atoms. The second-order valence-electron chi connectivity index (χ2n) is 6.92. The van der Waals surface area contributed by atoms with E-state index in [-0.39, 0.29) is 0 Å². The molecule has 0 saturated carbocycles. The number of aliphatic carboxylic acids is 1. The van der Waals surface area contributed by atoms with Gasteiger partial charge in [0.2, 0.25) is 0 Å². The third-order valence-electron chi connectivity index (χ3n) is 3.85. The van der Waals surface area contributed by atoms with E-state index in [0.29, 0.717) is 31.2 Å². The minimum atomic E-state index is -0.754. The number of carboxylic acid groups (broad SMARTS) is 1. The Morgan fingerprint density at radius 3 is 2.00 bits per heavy atom. The molecular weight excluding hydrogens is 264 g/mol. The monoisotopic (exact) mass is 300 g/mol. The molecule has 21 heavy (non-hydrogen) atoms. The fourth-order valence-corrected chi connectivity index (χ4v) is 2.96. The first-order valence-corrected chi connectivity index (χ1v) is 8.48. The van der Waals surface area contributed by atoms with Gasteiger partial charge >= 0.3 is 5.97 Å². The van der Waals surface area contributed by atoms with Crippen molar-refractivity contribution in [2.45, 2.75) is 66.3 Å². The van der Waals surface area contributed by atoms with Gasteiger partial charge in [0.05, 0.1) is 0 Å².